The van der Waals surface area contributed by atoms with E-state index in [4.69, 9.17) is 4.74 Å². The Morgan fingerprint density at radius 3 is 1.00 bits per heavy atom. The van der Waals surface area contributed by atoms with Crippen molar-refractivity contribution >= 4 is 11.9 Å². The Morgan fingerprint density at radius 2 is 0.676 bits per heavy atom. The third-order valence-corrected chi connectivity index (χ3v) is 14.6. The van der Waals surface area contributed by atoms with Gasteiger partial charge in [-0.15, -0.1) is 0 Å². The van der Waals surface area contributed by atoms with E-state index in [9.17, 15) is 19.8 Å². The molecule has 2 unspecified atom stereocenters. The van der Waals surface area contributed by atoms with Crippen molar-refractivity contribution < 1.29 is 24.5 Å². The van der Waals surface area contributed by atoms with Gasteiger partial charge < -0.3 is 20.3 Å². The monoisotopic (exact) mass is 960 g/mol. The highest BCUT2D eigenvalue weighted by molar-refractivity contribution is 5.76. The van der Waals surface area contributed by atoms with Gasteiger partial charge in [-0.05, 0) is 32.1 Å². The second-order valence-corrected chi connectivity index (χ2v) is 21.4. The largest absolute Gasteiger partial charge is 0.466 e. The van der Waals surface area contributed by atoms with Gasteiger partial charge in [0, 0.05) is 12.8 Å². The van der Waals surface area contributed by atoms with Crippen molar-refractivity contribution in [1.29, 1.82) is 0 Å². The summed E-state index contributed by atoms with van der Waals surface area (Å²) in [6.45, 7) is 4.89. The van der Waals surface area contributed by atoms with Gasteiger partial charge in [0.05, 0.1) is 25.4 Å². The van der Waals surface area contributed by atoms with Gasteiger partial charge in [-0.25, -0.2) is 0 Å². The number of allylic oxidation sites excluding steroid dienone is 1. The van der Waals surface area contributed by atoms with Gasteiger partial charge in [0.2, 0.25) is 5.91 Å². The maximum Gasteiger partial charge on any atom is 0.305 e. The first-order chi connectivity index (χ1) is 33.5. The summed E-state index contributed by atoms with van der Waals surface area (Å²) in [7, 11) is 0. The topological polar surface area (TPSA) is 95.9 Å². The fraction of sp³-hybridized carbons (Fsp3) is 0.935. The Hall–Kier alpha value is -1.40. The molecule has 6 nitrogen and oxygen atoms in total. The molecule has 0 radical (unpaired) electrons. The van der Waals surface area contributed by atoms with E-state index in [1.165, 1.54) is 263 Å². The highest BCUT2D eigenvalue weighted by Crippen LogP contribution is 2.18. The van der Waals surface area contributed by atoms with E-state index < -0.39 is 12.1 Å². The second kappa shape index (κ2) is 58.2. The van der Waals surface area contributed by atoms with Crippen LogP contribution in [-0.4, -0.2) is 47.4 Å². The summed E-state index contributed by atoms with van der Waals surface area (Å²) in [5, 5.41) is 23.2. The van der Waals surface area contributed by atoms with Crippen molar-refractivity contribution in [2.75, 3.05) is 13.2 Å². The Labute approximate surface area is 425 Å². The summed E-state index contributed by atoms with van der Waals surface area (Å²) in [4.78, 5) is 24.6. The van der Waals surface area contributed by atoms with Crippen LogP contribution < -0.4 is 5.32 Å². The summed E-state index contributed by atoms with van der Waals surface area (Å²) >= 11 is 0. The molecule has 0 saturated carbocycles. The minimum Gasteiger partial charge on any atom is -0.466 e. The molecule has 1 amide bonds. The zero-order valence-electron chi connectivity index (χ0n) is 46.1. The number of ether oxygens (including phenoxy) is 1. The van der Waals surface area contributed by atoms with Gasteiger partial charge in [-0.3, -0.25) is 9.59 Å². The number of esters is 1. The number of rotatable bonds is 58. The van der Waals surface area contributed by atoms with E-state index in [-0.39, 0.29) is 18.5 Å². The maximum atomic E-state index is 12.5. The molecule has 0 aromatic carbocycles. The number of carbonyl (C=O) groups is 2. The van der Waals surface area contributed by atoms with Crippen LogP contribution >= 0.6 is 0 Å². The number of nitrogens with one attached hydrogen (secondary N) is 1. The molecule has 0 aliphatic carbocycles. The minimum atomic E-state index is -0.859. The molecule has 0 aromatic rings. The minimum absolute atomic E-state index is 0.0148. The van der Waals surface area contributed by atoms with Crippen LogP contribution in [0.2, 0.25) is 0 Å². The molecule has 6 heteroatoms. The summed E-state index contributed by atoms with van der Waals surface area (Å²) < 4.78 is 5.48. The fourth-order valence-corrected chi connectivity index (χ4v) is 9.81. The van der Waals surface area contributed by atoms with E-state index in [1.807, 2.05) is 6.08 Å². The molecule has 2 atom stereocenters. The highest BCUT2D eigenvalue weighted by atomic mass is 16.5. The first kappa shape index (κ1) is 66.6. The van der Waals surface area contributed by atoms with Crippen LogP contribution in [0.15, 0.2) is 12.2 Å². The Kier molecular flexibility index (Phi) is 57.0. The van der Waals surface area contributed by atoms with Crippen LogP contribution in [0.4, 0.5) is 0 Å². The van der Waals surface area contributed by atoms with Gasteiger partial charge in [0.15, 0.2) is 0 Å². The quantitative estimate of drug-likeness (QED) is 0.0321. The van der Waals surface area contributed by atoms with E-state index in [1.54, 1.807) is 6.08 Å². The number of amides is 1. The maximum absolute atomic E-state index is 12.5. The first-order valence-electron chi connectivity index (χ1n) is 31.0. The first-order valence-corrected chi connectivity index (χ1v) is 31.0. The summed E-state index contributed by atoms with van der Waals surface area (Å²) in [5.74, 6) is -0.101. The third-order valence-electron chi connectivity index (χ3n) is 14.6. The molecule has 0 aliphatic rings. The Bertz CT molecular complexity index is 1020. The molecule has 0 fully saturated rings. The second-order valence-electron chi connectivity index (χ2n) is 21.4. The van der Waals surface area contributed by atoms with Crippen LogP contribution in [0.3, 0.4) is 0 Å². The molecule has 0 aliphatic heterocycles. The summed E-state index contributed by atoms with van der Waals surface area (Å²) in [6.07, 6.45) is 69.6. The van der Waals surface area contributed by atoms with Crippen molar-refractivity contribution in [3.8, 4) is 0 Å². The van der Waals surface area contributed by atoms with Crippen molar-refractivity contribution in [1.82, 2.24) is 5.32 Å². The molecule has 404 valence electrons. The number of hydrogen-bond donors (Lipinski definition) is 3. The average molecular weight is 961 g/mol. The summed E-state index contributed by atoms with van der Waals surface area (Å²) in [5.41, 5.74) is 0. The fourth-order valence-electron chi connectivity index (χ4n) is 9.81. The molecule has 0 saturated heterocycles. The molecule has 0 aromatic heterocycles. The predicted molar refractivity (Wildman–Crippen MR) is 297 cm³/mol. The smallest absolute Gasteiger partial charge is 0.305 e. The Morgan fingerprint density at radius 1 is 0.397 bits per heavy atom. The lowest BCUT2D eigenvalue weighted by Gasteiger charge is -2.20. The number of aliphatic hydroxyl groups excluding tert-OH is 2. The molecule has 0 spiro atoms. The van der Waals surface area contributed by atoms with E-state index in [0.29, 0.717) is 19.4 Å². The lowest BCUT2D eigenvalue weighted by Crippen LogP contribution is -2.45. The van der Waals surface area contributed by atoms with Gasteiger partial charge in [0.1, 0.15) is 0 Å². The number of hydrogen-bond acceptors (Lipinski definition) is 5. The van der Waals surface area contributed by atoms with E-state index >= 15 is 0 Å². The van der Waals surface area contributed by atoms with Crippen molar-refractivity contribution in [2.45, 2.75) is 360 Å². The predicted octanol–water partition coefficient (Wildman–Crippen LogP) is 19.2. The van der Waals surface area contributed by atoms with Crippen LogP contribution in [0.5, 0.6) is 0 Å². The van der Waals surface area contributed by atoms with Crippen molar-refractivity contribution in [3.63, 3.8) is 0 Å². The Balaban J connectivity index is 3.47. The van der Waals surface area contributed by atoms with Crippen molar-refractivity contribution in [3.05, 3.63) is 12.2 Å². The van der Waals surface area contributed by atoms with Crippen LogP contribution in [-0.2, 0) is 14.3 Å². The SMILES string of the molecule is CCCCCCCCCCCCCCCCCCCCCC/C=C/C(O)C(CO)NC(=O)CCCCCCCCCCCCOC(=O)CCCCCCCCCCCCCCCCCCCCC. The number of aliphatic hydroxyl groups is 2. The normalized spacial score (nSPS) is 12.6. The molecular formula is C62H121NO5. The number of carbonyl (C=O) groups excluding carboxylic acids is 2. The number of unbranched alkanes of at least 4 members (excludes halogenated alkanes) is 47. The zero-order chi connectivity index (χ0) is 49.3. The van der Waals surface area contributed by atoms with Crippen LogP contribution in [0.25, 0.3) is 0 Å². The van der Waals surface area contributed by atoms with E-state index in [0.717, 1.165) is 57.8 Å². The summed E-state index contributed by atoms with van der Waals surface area (Å²) in [6, 6.07) is -0.645. The average Bonchev–Trinajstić information content (AvgIpc) is 3.34. The molecule has 3 N–H and O–H groups in total. The lowest BCUT2D eigenvalue weighted by molar-refractivity contribution is -0.143. The zero-order valence-corrected chi connectivity index (χ0v) is 46.1. The molecule has 0 heterocycles. The molecule has 0 rings (SSSR count). The highest BCUT2D eigenvalue weighted by Gasteiger charge is 2.18. The molecule has 68 heavy (non-hydrogen) atoms. The van der Waals surface area contributed by atoms with Gasteiger partial charge in [-0.1, -0.05) is 315 Å². The van der Waals surface area contributed by atoms with Gasteiger partial charge in [-0.2, -0.15) is 0 Å². The lowest BCUT2D eigenvalue weighted by atomic mass is 10.0. The standard InChI is InChI=1S/C62H121NO5/c1-3-5-7-9-11-13-15-17-19-21-23-24-25-27-28-30-32-34-38-42-46-50-54-60(65)59(58-64)63-61(66)55-51-47-43-39-36-37-41-45-49-53-57-68-62(67)56-52-48-44-40-35-33-31-29-26-22-20-18-16-14-12-10-8-6-4-2/h50,54,59-60,64-65H,3-49,51-53,55-58H2,1-2H3,(H,63,66)/b54-50+. The molecular weight excluding hydrogens is 839 g/mol. The van der Waals surface area contributed by atoms with E-state index in [2.05, 4.69) is 19.2 Å². The van der Waals surface area contributed by atoms with Crippen LogP contribution in [0, 0.1) is 0 Å². The van der Waals surface area contributed by atoms with Gasteiger partial charge in [0.25, 0.3) is 0 Å². The van der Waals surface area contributed by atoms with Gasteiger partial charge >= 0.3 is 5.97 Å². The van der Waals surface area contributed by atoms with Crippen LogP contribution in [0.1, 0.15) is 348 Å². The van der Waals surface area contributed by atoms with Crippen molar-refractivity contribution in [2.24, 2.45) is 0 Å². The molecule has 0 bridgehead atoms. The third kappa shape index (κ3) is 53.9.